The molecule has 0 N–H and O–H groups in total. The first-order chi connectivity index (χ1) is 13.1. The Morgan fingerprint density at radius 1 is 0.852 bits per heavy atom. The van der Waals surface area contributed by atoms with E-state index in [2.05, 4.69) is 40.7 Å². The third-order valence-electron chi connectivity index (χ3n) is 2.96. The van der Waals surface area contributed by atoms with E-state index in [4.69, 9.17) is 9.15 Å². The molecule has 0 unspecified atom stereocenters. The van der Waals surface area contributed by atoms with Gasteiger partial charge in [-0.2, -0.15) is 0 Å². The molecule has 1 aromatic heterocycles. The van der Waals surface area contributed by atoms with Crippen LogP contribution >= 0.6 is 0 Å². The number of furan rings is 1. The molecule has 0 saturated heterocycles. The molecule has 2 heteroatoms. The molecule has 0 radical (unpaired) electrons. The maximum absolute atomic E-state index is 5.30. The van der Waals surface area contributed by atoms with Crippen LogP contribution in [0.2, 0.25) is 0 Å². The lowest BCUT2D eigenvalue weighted by atomic mass is 10.2. The Balaban J connectivity index is 0.000000355. The SMILES string of the molecule is CC.CC(C)C.CCC.c1ccc2c(c1)CCO2.c1ccc2occc2c1. The van der Waals surface area contributed by atoms with Crippen molar-refractivity contribution in [1.29, 1.82) is 0 Å². The van der Waals surface area contributed by atoms with Crippen molar-refractivity contribution in [3.8, 4) is 5.75 Å². The Morgan fingerprint density at radius 3 is 2.00 bits per heavy atom. The van der Waals surface area contributed by atoms with Gasteiger partial charge in [-0.1, -0.05) is 91.3 Å². The second kappa shape index (κ2) is 16.0. The number of benzene rings is 2. The summed E-state index contributed by atoms with van der Waals surface area (Å²) < 4.78 is 10.4. The molecule has 1 aliphatic heterocycles. The third-order valence-corrected chi connectivity index (χ3v) is 2.96. The van der Waals surface area contributed by atoms with Crippen molar-refractivity contribution in [2.75, 3.05) is 6.61 Å². The number of fused-ring (bicyclic) bond motifs is 2. The van der Waals surface area contributed by atoms with Crippen LogP contribution in [0.3, 0.4) is 0 Å². The van der Waals surface area contributed by atoms with Crippen LogP contribution in [0.15, 0.2) is 65.3 Å². The predicted molar refractivity (Wildman–Crippen MR) is 120 cm³/mol. The molecule has 0 aliphatic carbocycles. The first-order valence-electron chi connectivity index (χ1n) is 10.2. The van der Waals surface area contributed by atoms with Crippen LogP contribution in [0, 0.1) is 5.92 Å². The quantitative estimate of drug-likeness (QED) is 0.398. The van der Waals surface area contributed by atoms with Crippen LogP contribution < -0.4 is 4.74 Å². The predicted octanol–water partition coefficient (Wildman–Crippen LogP) is 8.16. The highest BCUT2D eigenvalue weighted by atomic mass is 16.5. The largest absolute Gasteiger partial charge is 0.493 e. The summed E-state index contributed by atoms with van der Waals surface area (Å²) in [7, 11) is 0. The van der Waals surface area contributed by atoms with Gasteiger partial charge in [-0.05, 0) is 29.7 Å². The maximum atomic E-state index is 5.30. The summed E-state index contributed by atoms with van der Waals surface area (Å²) in [5.74, 6) is 1.90. The van der Waals surface area contributed by atoms with Crippen LogP contribution in [-0.4, -0.2) is 6.61 Å². The molecule has 0 saturated carbocycles. The second-order valence-corrected chi connectivity index (χ2v) is 6.60. The van der Waals surface area contributed by atoms with Crippen molar-refractivity contribution in [3.63, 3.8) is 0 Å². The molecule has 0 bridgehead atoms. The van der Waals surface area contributed by atoms with Gasteiger partial charge in [-0.3, -0.25) is 0 Å². The number of rotatable bonds is 0. The third kappa shape index (κ3) is 11.2. The van der Waals surface area contributed by atoms with Crippen LogP contribution in [0.4, 0.5) is 0 Å². The van der Waals surface area contributed by atoms with E-state index in [1.165, 1.54) is 12.0 Å². The van der Waals surface area contributed by atoms with Gasteiger partial charge >= 0.3 is 0 Å². The average molecular weight is 371 g/mol. The summed E-state index contributed by atoms with van der Waals surface area (Å²) in [5, 5.41) is 1.16. The lowest BCUT2D eigenvalue weighted by Gasteiger charge is -1.93. The van der Waals surface area contributed by atoms with Gasteiger partial charge in [0.25, 0.3) is 0 Å². The van der Waals surface area contributed by atoms with Gasteiger partial charge in [-0.25, -0.2) is 0 Å². The fraction of sp³-hybridized carbons (Fsp3) is 0.440. The summed E-state index contributed by atoms with van der Waals surface area (Å²) in [5.41, 5.74) is 2.30. The molecule has 3 aromatic rings. The summed E-state index contributed by atoms with van der Waals surface area (Å²) in [6.45, 7) is 15.6. The molecule has 27 heavy (non-hydrogen) atoms. The Labute approximate surface area is 166 Å². The molecule has 2 aromatic carbocycles. The number of ether oxygens (including phenoxy) is 1. The topological polar surface area (TPSA) is 22.4 Å². The van der Waals surface area contributed by atoms with E-state index in [1.807, 2.05) is 62.4 Å². The monoisotopic (exact) mass is 370 g/mol. The van der Waals surface area contributed by atoms with Gasteiger partial charge in [0.2, 0.25) is 0 Å². The zero-order valence-electron chi connectivity index (χ0n) is 18.3. The summed E-state index contributed by atoms with van der Waals surface area (Å²) in [6.07, 6.45) is 4.03. The standard InChI is InChI=1S/C8H8O.C8H6O.C4H10.C3H8.C2H6/c2*1-2-4-8-7(3-1)5-6-9-8;1-4(2)3;1-3-2;1-2/h1-4H,5-6H2;1-6H;4H,1-3H3;3H2,1-2H3;1-2H3. The maximum Gasteiger partial charge on any atom is 0.133 e. The molecule has 0 fully saturated rings. The Hall–Kier alpha value is -2.22. The summed E-state index contributed by atoms with van der Waals surface area (Å²) >= 11 is 0. The fourth-order valence-electron chi connectivity index (χ4n) is 2.03. The van der Waals surface area contributed by atoms with Gasteiger partial charge in [0.15, 0.2) is 0 Å². The molecule has 150 valence electrons. The van der Waals surface area contributed by atoms with E-state index < -0.39 is 0 Å². The van der Waals surface area contributed by atoms with Gasteiger partial charge in [0, 0.05) is 11.8 Å². The van der Waals surface area contributed by atoms with E-state index >= 15 is 0 Å². The van der Waals surface area contributed by atoms with Crippen molar-refractivity contribution in [1.82, 2.24) is 0 Å². The smallest absolute Gasteiger partial charge is 0.133 e. The molecular weight excluding hydrogens is 332 g/mol. The fourth-order valence-corrected chi connectivity index (χ4v) is 2.03. The van der Waals surface area contributed by atoms with Crippen LogP contribution in [0.5, 0.6) is 5.75 Å². The Bertz CT molecular complexity index is 642. The highest BCUT2D eigenvalue weighted by Crippen LogP contribution is 2.23. The zero-order valence-corrected chi connectivity index (χ0v) is 18.3. The van der Waals surface area contributed by atoms with Gasteiger partial charge in [-0.15, -0.1) is 0 Å². The highest BCUT2D eigenvalue weighted by Gasteiger charge is 2.08. The normalized spacial score (nSPS) is 10.5. The van der Waals surface area contributed by atoms with E-state index in [9.17, 15) is 0 Å². The molecule has 2 heterocycles. The molecular formula is C25H38O2. The minimum absolute atomic E-state index is 0.833. The molecule has 1 aliphatic rings. The van der Waals surface area contributed by atoms with Crippen molar-refractivity contribution in [2.45, 2.75) is 61.3 Å². The van der Waals surface area contributed by atoms with E-state index in [0.29, 0.717) is 0 Å². The lowest BCUT2D eigenvalue weighted by Crippen LogP contribution is -1.85. The molecule has 4 rings (SSSR count). The lowest BCUT2D eigenvalue weighted by molar-refractivity contribution is 0.357. The average Bonchev–Trinajstić information content (AvgIpc) is 3.33. The molecule has 0 atom stereocenters. The Kier molecular flexibility index (Phi) is 14.7. The van der Waals surface area contributed by atoms with Crippen molar-refractivity contribution in [3.05, 3.63) is 66.4 Å². The molecule has 2 nitrogen and oxygen atoms in total. The minimum atomic E-state index is 0.833. The summed E-state index contributed by atoms with van der Waals surface area (Å²) in [6, 6.07) is 18.1. The number of hydrogen-bond donors (Lipinski definition) is 0. The van der Waals surface area contributed by atoms with Gasteiger partial charge in [0.05, 0.1) is 12.9 Å². The number of para-hydroxylation sites is 2. The van der Waals surface area contributed by atoms with Crippen molar-refractivity contribution in [2.24, 2.45) is 5.92 Å². The van der Waals surface area contributed by atoms with Crippen molar-refractivity contribution < 1.29 is 9.15 Å². The molecule has 0 spiro atoms. The van der Waals surface area contributed by atoms with Crippen LogP contribution in [-0.2, 0) is 6.42 Å². The number of hydrogen-bond acceptors (Lipinski definition) is 2. The van der Waals surface area contributed by atoms with Crippen LogP contribution in [0.25, 0.3) is 11.0 Å². The second-order valence-electron chi connectivity index (χ2n) is 6.60. The minimum Gasteiger partial charge on any atom is -0.493 e. The van der Waals surface area contributed by atoms with Gasteiger partial charge < -0.3 is 9.15 Å². The first kappa shape index (κ1) is 24.8. The summed E-state index contributed by atoms with van der Waals surface area (Å²) in [4.78, 5) is 0. The molecule has 0 amide bonds. The van der Waals surface area contributed by atoms with E-state index in [1.54, 1.807) is 6.26 Å². The zero-order chi connectivity index (χ0) is 20.5. The van der Waals surface area contributed by atoms with Crippen molar-refractivity contribution >= 4 is 11.0 Å². The van der Waals surface area contributed by atoms with E-state index in [-0.39, 0.29) is 0 Å². The Morgan fingerprint density at radius 2 is 1.41 bits per heavy atom. The van der Waals surface area contributed by atoms with Gasteiger partial charge in [0.1, 0.15) is 11.3 Å². The highest BCUT2D eigenvalue weighted by molar-refractivity contribution is 5.76. The van der Waals surface area contributed by atoms with E-state index in [0.717, 1.165) is 35.7 Å². The van der Waals surface area contributed by atoms with Crippen LogP contribution in [0.1, 0.15) is 60.5 Å². The first-order valence-corrected chi connectivity index (χ1v) is 10.2.